The van der Waals surface area contributed by atoms with Gasteiger partial charge < -0.3 is 9.72 Å². The van der Waals surface area contributed by atoms with Crippen molar-refractivity contribution in [2.75, 3.05) is 7.11 Å². The van der Waals surface area contributed by atoms with Gasteiger partial charge in [0, 0.05) is 21.7 Å². The second-order valence-electron chi connectivity index (χ2n) is 7.94. The molecule has 1 aromatic heterocycles. The molecular formula is C24H24Cl2N2O2. The normalized spacial score (nSPS) is 23.9. The van der Waals surface area contributed by atoms with Crippen LogP contribution < -0.4 is 0 Å². The van der Waals surface area contributed by atoms with Crippen molar-refractivity contribution in [3.05, 3.63) is 87.4 Å². The van der Waals surface area contributed by atoms with Crippen LogP contribution in [0.15, 0.2) is 54.9 Å². The summed E-state index contributed by atoms with van der Waals surface area (Å²) in [5, 5.41) is 1.54. The van der Waals surface area contributed by atoms with E-state index in [1.807, 2.05) is 36.4 Å². The molecule has 5 rings (SSSR count). The number of hydrogen-bond donors (Lipinski definition) is 1. The fourth-order valence-electron chi connectivity index (χ4n) is 4.06. The van der Waals surface area contributed by atoms with Gasteiger partial charge in [0.1, 0.15) is 0 Å². The average molecular weight is 443 g/mol. The highest BCUT2D eigenvalue weighted by Gasteiger charge is 2.45. The summed E-state index contributed by atoms with van der Waals surface area (Å²) in [6, 6.07) is 15.8. The zero-order chi connectivity index (χ0) is 21.3. The van der Waals surface area contributed by atoms with E-state index in [-0.39, 0.29) is 11.9 Å². The summed E-state index contributed by atoms with van der Waals surface area (Å²) in [4.78, 5) is 18.7. The first-order valence-corrected chi connectivity index (χ1v) is 10.8. The maximum absolute atomic E-state index is 11.2. The van der Waals surface area contributed by atoms with Crippen LogP contribution in [0.25, 0.3) is 0 Å². The molecule has 2 fully saturated rings. The second-order valence-corrected chi connectivity index (χ2v) is 8.82. The quantitative estimate of drug-likeness (QED) is 0.485. The molecule has 1 N–H and O–H groups in total. The minimum absolute atomic E-state index is 0.0402. The molecule has 2 aliphatic rings. The second kappa shape index (κ2) is 8.83. The molecule has 4 unspecified atom stereocenters. The number of methoxy groups -OCH3 is 1. The lowest BCUT2D eigenvalue weighted by Gasteiger charge is -2.00. The van der Waals surface area contributed by atoms with Crippen LogP contribution in [0.4, 0.5) is 0 Å². The van der Waals surface area contributed by atoms with Gasteiger partial charge in [-0.25, -0.2) is 4.98 Å². The number of carbonyl (C=O) groups excluding carboxylic acids is 1. The van der Waals surface area contributed by atoms with E-state index in [4.69, 9.17) is 23.2 Å². The van der Waals surface area contributed by atoms with E-state index in [2.05, 4.69) is 33.8 Å². The highest BCUT2D eigenvalue weighted by molar-refractivity contribution is 6.30. The third kappa shape index (κ3) is 4.71. The number of benzene rings is 2. The van der Waals surface area contributed by atoms with E-state index in [0.717, 1.165) is 22.0 Å². The Morgan fingerprint density at radius 3 is 2.17 bits per heavy atom. The predicted octanol–water partition coefficient (Wildman–Crippen LogP) is 6.26. The average Bonchev–Trinajstić information content (AvgIpc) is 3.65. The Hall–Kier alpha value is -2.30. The minimum Gasteiger partial charge on any atom is -0.469 e. The molecule has 6 heteroatoms. The maximum atomic E-state index is 11.2. The Kier molecular flexibility index (Phi) is 6.16. The van der Waals surface area contributed by atoms with E-state index < -0.39 is 0 Å². The van der Waals surface area contributed by atoms with Crippen LogP contribution in [-0.2, 0) is 9.53 Å². The van der Waals surface area contributed by atoms with E-state index in [1.165, 1.54) is 30.5 Å². The highest BCUT2D eigenvalue weighted by Crippen LogP contribution is 2.54. The number of halogens is 2. The maximum Gasteiger partial charge on any atom is 0.309 e. The third-order valence-electron chi connectivity index (χ3n) is 5.86. The minimum atomic E-state index is -0.116. The van der Waals surface area contributed by atoms with Gasteiger partial charge in [-0.05, 0) is 67.0 Å². The summed E-state index contributed by atoms with van der Waals surface area (Å²) in [5.74, 6) is 1.40. The summed E-state index contributed by atoms with van der Waals surface area (Å²) in [7, 11) is 1.43. The molecule has 156 valence electrons. The van der Waals surface area contributed by atoms with Crippen molar-refractivity contribution in [3.63, 3.8) is 0 Å². The smallest absolute Gasteiger partial charge is 0.309 e. The number of rotatable bonds is 4. The van der Waals surface area contributed by atoms with Crippen molar-refractivity contribution in [2.24, 2.45) is 5.92 Å². The number of esters is 1. The number of nitrogens with one attached hydrogen (secondary N) is 1. The number of ether oxygens (including phenoxy) is 1. The number of H-pyrrole nitrogens is 1. The first kappa shape index (κ1) is 21.0. The monoisotopic (exact) mass is 442 g/mol. The molecule has 0 aliphatic heterocycles. The largest absolute Gasteiger partial charge is 0.469 e. The van der Waals surface area contributed by atoms with Crippen molar-refractivity contribution >= 4 is 29.2 Å². The first-order chi connectivity index (χ1) is 14.5. The number of aromatic amines is 1. The molecule has 0 saturated heterocycles. The standard InChI is InChI=1S/C13H13ClN2.C11H11ClO2/c1-8-13(16-7-15-8)12-6-11(12)9-3-2-4-10(14)5-9;1-14-11(13)10-6-9(10)7-3-2-4-8(12)5-7/h2-5,7,11-12H,6H2,1H3,(H,15,16);2-5,9-10H,6H2,1H3. The fourth-order valence-corrected chi connectivity index (χ4v) is 4.46. The van der Waals surface area contributed by atoms with Gasteiger partial charge in [0.25, 0.3) is 0 Å². The van der Waals surface area contributed by atoms with Gasteiger partial charge in [0.05, 0.1) is 25.0 Å². The van der Waals surface area contributed by atoms with Crippen LogP contribution in [-0.4, -0.2) is 23.0 Å². The molecule has 2 aliphatic carbocycles. The number of nitrogens with zero attached hydrogens (tertiary/aromatic N) is 1. The van der Waals surface area contributed by atoms with Crippen molar-refractivity contribution in [1.29, 1.82) is 0 Å². The Labute approximate surface area is 186 Å². The summed E-state index contributed by atoms with van der Waals surface area (Å²) < 4.78 is 4.68. The summed E-state index contributed by atoms with van der Waals surface area (Å²) >= 11 is 11.9. The summed E-state index contributed by atoms with van der Waals surface area (Å²) in [6.07, 6.45) is 3.84. The number of carbonyl (C=O) groups is 1. The van der Waals surface area contributed by atoms with Crippen molar-refractivity contribution in [1.82, 2.24) is 9.97 Å². The van der Waals surface area contributed by atoms with Gasteiger partial charge in [0.15, 0.2) is 0 Å². The van der Waals surface area contributed by atoms with Crippen molar-refractivity contribution < 1.29 is 9.53 Å². The molecule has 2 saturated carbocycles. The van der Waals surface area contributed by atoms with Gasteiger partial charge in [-0.3, -0.25) is 4.79 Å². The van der Waals surface area contributed by atoms with Gasteiger partial charge >= 0.3 is 5.97 Å². The molecule has 0 bridgehead atoms. The number of aryl methyl sites for hydroxylation is 1. The van der Waals surface area contributed by atoms with Gasteiger partial charge in [-0.2, -0.15) is 0 Å². The molecule has 2 aromatic carbocycles. The van der Waals surface area contributed by atoms with E-state index in [0.29, 0.717) is 17.8 Å². The molecule has 1 heterocycles. The molecule has 30 heavy (non-hydrogen) atoms. The lowest BCUT2D eigenvalue weighted by Crippen LogP contribution is -2.03. The molecule has 0 radical (unpaired) electrons. The van der Waals surface area contributed by atoms with Crippen LogP contribution in [0.5, 0.6) is 0 Å². The van der Waals surface area contributed by atoms with E-state index in [1.54, 1.807) is 6.33 Å². The van der Waals surface area contributed by atoms with Gasteiger partial charge in [-0.1, -0.05) is 47.5 Å². The number of imidazole rings is 1. The Balaban J connectivity index is 0.000000147. The first-order valence-electron chi connectivity index (χ1n) is 10.1. The van der Waals surface area contributed by atoms with Crippen molar-refractivity contribution in [3.8, 4) is 0 Å². The van der Waals surface area contributed by atoms with Crippen LogP contribution in [0, 0.1) is 12.8 Å². The van der Waals surface area contributed by atoms with E-state index >= 15 is 0 Å². The number of aromatic nitrogens is 2. The lowest BCUT2D eigenvalue weighted by atomic mass is 10.1. The van der Waals surface area contributed by atoms with Crippen LogP contribution >= 0.6 is 23.2 Å². The van der Waals surface area contributed by atoms with Gasteiger partial charge in [0.2, 0.25) is 0 Å². The molecule has 0 spiro atoms. The molecule has 4 atom stereocenters. The molecular weight excluding hydrogens is 419 g/mol. The fraction of sp³-hybridized carbons (Fsp3) is 0.333. The third-order valence-corrected chi connectivity index (χ3v) is 6.33. The summed E-state index contributed by atoms with van der Waals surface area (Å²) in [6.45, 7) is 2.08. The number of hydrogen-bond acceptors (Lipinski definition) is 3. The molecule has 0 amide bonds. The van der Waals surface area contributed by atoms with Gasteiger partial charge in [-0.15, -0.1) is 0 Å². The predicted molar refractivity (Wildman–Crippen MR) is 119 cm³/mol. The Morgan fingerprint density at radius 2 is 1.63 bits per heavy atom. The SMILES string of the molecule is COC(=O)C1CC1c1cccc(Cl)c1.Cc1[nH]cnc1C1CC1c1cccc(Cl)c1. The topological polar surface area (TPSA) is 55.0 Å². The molecule has 3 aromatic rings. The zero-order valence-corrected chi connectivity index (χ0v) is 18.5. The Bertz CT molecular complexity index is 1050. The lowest BCUT2D eigenvalue weighted by molar-refractivity contribution is -0.142. The van der Waals surface area contributed by atoms with Crippen LogP contribution in [0.1, 0.15) is 53.1 Å². The van der Waals surface area contributed by atoms with Crippen LogP contribution in [0.3, 0.4) is 0 Å². The molecule has 4 nitrogen and oxygen atoms in total. The Morgan fingerprint density at radius 1 is 1.00 bits per heavy atom. The van der Waals surface area contributed by atoms with Crippen LogP contribution in [0.2, 0.25) is 10.0 Å². The summed E-state index contributed by atoms with van der Waals surface area (Å²) in [5.41, 5.74) is 4.87. The highest BCUT2D eigenvalue weighted by atomic mass is 35.5. The van der Waals surface area contributed by atoms with Crippen molar-refractivity contribution in [2.45, 2.75) is 37.5 Å². The van der Waals surface area contributed by atoms with E-state index in [9.17, 15) is 4.79 Å². The zero-order valence-electron chi connectivity index (χ0n) is 16.9.